The molecule has 2 rings (SSSR count). The summed E-state index contributed by atoms with van der Waals surface area (Å²) >= 11 is 15.2. The Morgan fingerprint density at radius 2 is 2.10 bits per heavy atom. The fourth-order valence-electron chi connectivity index (χ4n) is 1.90. The van der Waals surface area contributed by atoms with Crippen LogP contribution in [0.2, 0.25) is 5.02 Å². The molecule has 0 saturated carbocycles. The Kier molecular flexibility index (Phi) is 6.16. The average molecular weight is 449 g/mol. The molecule has 2 nitrogen and oxygen atoms in total. The van der Waals surface area contributed by atoms with Crippen LogP contribution in [0.3, 0.4) is 0 Å². The van der Waals surface area contributed by atoms with Crippen LogP contribution in [0.4, 0.5) is 11.4 Å². The Morgan fingerprint density at radius 3 is 2.71 bits per heavy atom. The van der Waals surface area contributed by atoms with Crippen LogP contribution in [-0.2, 0) is 0 Å². The molecule has 6 heteroatoms. The molecular weight excluding hydrogens is 435 g/mol. The van der Waals surface area contributed by atoms with Crippen LogP contribution >= 0.6 is 58.2 Å². The quantitative estimate of drug-likeness (QED) is 0.363. The largest absolute Gasteiger partial charge is 0.389 e. The first-order chi connectivity index (χ1) is 10.0. The summed E-state index contributed by atoms with van der Waals surface area (Å²) in [5, 5.41) is 4.12. The van der Waals surface area contributed by atoms with E-state index in [1.807, 2.05) is 36.4 Å². The highest BCUT2D eigenvalue weighted by molar-refractivity contribution is 14.1. The van der Waals surface area contributed by atoms with Crippen LogP contribution in [0.15, 0.2) is 41.3 Å². The molecule has 21 heavy (non-hydrogen) atoms. The Morgan fingerprint density at radius 1 is 1.33 bits per heavy atom. The minimum absolute atomic E-state index is 0.401. The summed E-state index contributed by atoms with van der Waals surface area (Å²) in [7, 11) is 0. The van der Waals surface area contributed by atoms with Gasteiger partial charge in [-0.05, 0) is 58.7 Å². The number of rotatable bonds is 5. The molecule has 0 atom stereocenters. The molecular formula is C15H14ClIN2S2. The smallest absolute Gasteiger partial charge is 0.107 e. The minimum atomic E-state index is 0.401. The Hall–Kier alpha value is -0.500. The maximum absolute atomic E-state index is 5.99. The first-order valence-electron chi connectivity index (χ1n) is 6.30. The molecule has 0 aliphatic rings. The molecule has 0 aromatic heterocycles. The van der Waals surface area contributed by atoms with Crippen molar-refractivity contribution in [1.29, 1.82) is 0 Å². The first kappa shape index (κ1) is 16.9. The number of hydrogen-bond acceptors (Lipinski definition) is 3. The number of thioether (sulfide) groups is 1. The Bertz CT molecular complexity index is 677. The van der Waals surface area contributed by atoms with E-state index >= 15 is 0 Å². The van der Waals surface area contributed by atoms with E-state index in [9.17, 15) is 0 Å². The Balaban J connectivity index is 2.43. The van der Waals surface area contributed by atoms with Gasteiger partial charge in [0, 0.05) is 24.7 Å². The second-order valence-corrected chi connectivity index (χ2v) is 7.57. The molecule has 0 radical (unpaired) electrons. The number of benzene rings is 2. The van der Waals surface area contributed by atoms with Crippen LogP contribution in [0.1, 0.15) is 12.5 Å². The van der Waals surface area contributed by atoms with Gasteiger partial charge in [-0.2, -0.15) is 0 Å². The third-order valence-corrected chi connectivity index (χ3v) is 5.04. The standard InChI is InChI=1S/C15H14ClIN2S2/c1-2-21-13-5-3-4-12(14(13)15(18)20)19-11-7-6-9(16)8-10(11)17/h3-8,19H,2H2,1H3,(H2,18,20). The minimum Gasteiger partial charge on any atom is -0.389 e. The van der Waals surface area contributed by atoms with Gasteiger partial charge in [0.2, 0.25) is 0 Å². The highest BCUT2D eigenvalue weighted by Crippen LogP contribution is 2.32. The monoisotopic (exact) mass is 448 g/mol. The highest BCUT2D eigenvalue weighted by Gasteiger charge is 2.12. The van der Waals surface area contributed by atoms with Crippen molar-refractivity contribution in [2.75, 3.05) is 11.1 Å². The van der Waals surface area contributed by atoms with E-state index in [-0.39, 0.29) is 0 Å². The van der Waals surface area contributed by atoms with Gasteiger partial charge in [0.15, 0.2) is 0 Å². The van der Waals surface area contributed by atoms with Gasteiger partial charge in [0.1, 0.15) is 4.99 Å². The van der Waals surface area contributed by atoms with Crippen molar-refractivity contribution in [3.63, 3.8) is 0 Å². The van der Waals surface area contributed by atoms with Gasteiger partial charge in [-0.15, -0.1) is 11.8 Å². The topological polar surface area (TPSA) is 38.0 Å². The van der Waals surface area contributed by atoms with Crippen molar-refractivity contribution < 1.29 is 0 Å². The van der Waals surface area contributed by atoms with Crippen molar-refractivity contribution in [3.8, 4) is 0 Å². The Labute approximate surface area is 153 Å². The number of anilines is 2. The summed E-state index contributed by atoms with van der Waals surface area (Å²) in [6, 6.07) is 11.8. The molecule has 0 aliphatic carbocycles. The summed E-state index contributed by atoms with van der Waals surface area (Å²) in [5.74, 6) is 0.970. The first-order valence-corrected chi connectivity index (χ1v) is 9.15. The molecule has 0 amide bonds. The second-order valence-electron chi connectivity index (χ2n) is 4.23. The lowest BCUT2D eigenvalue weighted by Gasteiger charge is -2.16. The van der Waals surface area contributed by atoms with Crippen molar-refractivity contribution >= 4 is 74.5 Å². The van der Waals surface area contributed by atoms with Crippen molar-refractivity contribution in [1.82, 2.24) is 0 Å². The SMILES string of the molecule is CCSc1cccc(Nc2ccc(Cl)cc2I)c1C(N)=S. The molecule has 0 aliphatic heterocycles. The summed E-state index contributed by atoms with van der Waals surface area (Å²) in [6.45, 7) is 2.11. The number of nitrogens with two attached hydrogens (primary N) is 1. The zero-order valence-electron chi connectivity index (χ0n) is 11.3. The summed E-state index contributed by atoms with van der Waals surface area (Å²) < 4.78 is 1.04. The number of nitrogens with one attached hydrogen (secondary N) is 1. The van der Waals surface area contributed by atoms with Gasteiger partial charge in [-0.1, -0.05) is 36.8 Å². The van der Waals surface area contributed by atoms with Crippen LogP contribution in [0.5, 0.6) is 0 Å². The van der Waals surface area contributed by atoms with Crippen molar-refractivity contribution in [2.24, 2.45) is 5.73 Å². The van der Waals surface area contributed by atoms with Gasteiger partial charge >= 0.3 is 0 Å². The van der Waals surface area contributed by atoms with E-state index in [1.165, 1.54) is 0 Å². The number of hydrogen-bond donors (Lipinski definition) is 2. The lowest BCUT2D eigenvalue weighted by Crippen LogP contribution is -2.13. The number of thiocarbonyl (C=S) groups is 1. The van der Waals surface area contributed by atoms with Crippen LogP contribution in [-0.4, -0.2) is 10.7 Å². The van der Waals surface area contributed by atoms with E-state index < -0.39 is 0 Å². The maximum atomic E-state index is 5.99. The molecule has 3 N–H and O–H groups in total. The molecule has 0 spiro atoms. The molecule has 0 fully saturated rings. The van der Waals surface area contributed by atoms with Crippen LogP contribution in [0, 0.1) is 3.57 Å². The molecule has 110 valence electrons. The molecule has 2 aromatic carbocycles. The van der Waals surface area contributed by atoms with Gasteiger partial charge in [-0.3, -0.25) is 0 Å². The number of halogens is 2. The van der Waals surface area contributed by atoms with E-state index in [1.54, 1.807) is 11.8 Å². The molecule has 0 bridgehead atoms. The zero-order valence-corrected chi connectivity index (χ0v) is 15.9. The average Bonchev–Trinajstić information content (AvgIpc) is 2.42. The fourth-order valence-corrected chi connectivity index (χ4v) is 4.04. The van der Waals surface area contributed by atoms with Crippen molar-refractivity contribution in [2.45, 2.75) is 11.8 Å². The summed E-state index contributed by atoms with van der Waals surface area (Å²) in [5.41, 5.74) is 8.71. The molecule has 0 unspecified atom stereocenters. The van der Waals surface area contributed by atoms with Gasteiger partial charge < -0.3 is 11.1 Å². The lowest BCUT2D eigenvalue weighted by molar-refractivity contribution is 1.37. The normalized spacial score (nSPS) is 10.4. The predicted molar refractivity (Wildman–Crippen MR) is 106 cm³/mol. The van der Waals surface area contributed by atoms with E-state index in [4.69, 9.17) is 29.6 Å². The van der Waals surface area contributed by atoms with E-state index in [0.29, 0.717) is 4.99 Å². The fraction of sp³-hybridized carbons (Fsp3) is 0.133. The summed E-state index contributed by atoms with van der Waals surface area (Å²) in [4.78, 5) is 1.50. The predicted octanol–water partition coefficient (Wildman–Crippen LogP) is 5.43. The van der Waals surface area contributed by atoms with E-state index in [2.05, 4.69) is 34.8 Å². The zero-order chi connectivity index (χ0) is 15.4. The molecule has 2 aromatic rings. The van der Waals surface area contributed by atoms with Crippen molar-refractivity contribution in [3.05, 3.63) is 50.6 Å². The van der Waals surface area contributed by atoms with Crippen LogP contribution < -0.4 is 11.1 Å². The third-order valence-electron chi connectivity index (χ3n) is 2.77. The summed E-state index contributed by atoms with van der Waals surface area (Å²) in [6.07, 6.45) is 0. The molecule has 0 saturated heterocycles. The van der Waals surface area contributed by atoms with Gasteiger partial charge in [-0.25, -0.2) is 0 Å². The van der Waals surface area contributed by atoms with Gasteiger partial charge in [0.25, 0.3) is 0 Å². The highest BCUT2D eigenvalue weighted by atomic mass is 127. The molecule has 0 heterocycles. The maximum Gasteiger partial charge on any atom is 0.107 e. The third kappa shape index (κ3) is 4.25. The van der Waals surface area contributed by atoms with E-state index in [0.717, 1.165) is 36.2 Å². The second kappa shape index (κ2) is 7.67. The van der Waals surface area contributed by atoms with Gasteiger partial charge in [0.05, 0.1) is 5.69 Å². The van der Waals surface area contributed by atoms with Crippen LogP contribution in [0.25, 0.3) is 0 Å². The lowest BCUT2D eigenvalue weighted by atomic mass is 10.1.